The van der Waals surface area contributed by atoms with Gasteiger partial charge >= 0.3 is 0 Å². The van der Waals surface area contributed by atoms with Crippen molar-refractivity contribution in [3.63, 3.8) is 0 Å². The van der Waals surface area contributed by atoms with E-state index < -0.39 is 0 Å². The minimum absolute atomic E-state index is 0.106. The van der Waals surface area contributed by atoms with Gasteiger partial charge in [0.2, 0.25) is 5.91 Å². The first-order valence-corrected chi connectivity index (χ1v) is 11.0. The molecule has 3 aromatic rings. The van der Waals surface area contributed by atoms with Gasteiger partial charge in [0.05, 0.1) is 26.6 Å². The average Bonchev–Trinajstić information content (AvgIpc) is 3.24. The Morgan fingerprint density at radius 2 is 1.97 bits per heavy atom. The molecule has 6 nitrogen and oxygen atoms in total. The maximum Gasteiger partial charge on any atom is 0.244 e. The van der Waals surface area contributed by atoms with Gasteiger partial charge in [-0.1, -0.05) is 30.3 Å². The number of hydrogen-bond donors (Lipinski definition) is 1. The average molecular weight is 435 g/mol. The number of rotatable bonds is 7. The zero-order valence-electron chi connectivity index (χ0n) is 18.9. The first-order chi connectivity index (χ1) is 15.6. The summed E-state index contributed by atoms with van der Waals surface area (Å²) in [5.74, 6) is 0.618. The number of methoxy groups -OCH3 is 1. The van der Waals surface area contributed by atoms with Crippen molar-refractivity contribution in [2.45, 2.75) is 13.8 Å². The van der Waals surface area contributed by atoms with Gasteiger partial charge in [-0.25, -0.2) is 0 Å². The largest absolute Gasteiger partial charge is 0.496 e. The summed E-state index contributed by atoms with van der Waals surface area (Å²) in [6.45, 7) is 8.70. The topological polar surface area (TPSA) is 63.9 Å². The molecule has 1 fully saturated rings. The minimum Gasteiger partial charge on any atom is -0.496 e. The normalized spacial score (nSPS) is 15.2. The summed E-state index contributed by atoms with van der Waals surface area (Å²) in [7, 11) is 1.65. The van der Waals surface area contributed by atoms with E-state index in [-0.39, 0.29) is 5.91 Å². The summed E-state index contributed by atoms with van der Waals surface area (Å²) in [5.41, 5.74) is 5.56. The molecule has 6 heteroatoms. The third-order valence-corrected chi connectivity index (χ3v) is 5.94. The molecular weight excluding hydrogens is 404 g/mol. The van der Waals surface area contributed by atoms with Gasteiger partial charge in [0, 0.05) is 54.3 Å². The summed E-state index contributed by atoms with van der Waals surface area (Å²) < 4.78 is 17.0. The van der Waals surface area contributed by atoms with E-state index in [4.69, 9.17) is 13.9 Å². The second kappa shape index (κ2) is 10.0. The highest BCUT2D eigenvalue weighted by molar-refractivity contribution is 6.01. The van der Waals surface area contributed by atoms with Crippen molar-refractivity contribution in [2.24, 2.45) is 0 Å². The molecule has 0 unspecified atom stereocenters. The van der Waals surface area contributed by atoms with Crippen molar-refractivity contribution < 1.29 is 18.7 Å². The summed E-state index contributed by atoms with van der Waals surface area (Å²) in [6.07, 6.45) is 3.43. The van der Waals surface area contributed by atoms with E-state index >= 15 is 0 Å². The van der Waals surface area contributed by atoms with Crippen molar-refractivity contribution in [3.8, 4) is 16.9 Å². The van der Waals surface area contributed by atoms with Gasteiger partial charge in [-0.15, -0.1) is 0 Å². The lowest BCUT2D eigenvalue weighted by Gasteiger charge is -2.26. The molecule has 32 heavy (non-hydrogen) atoms. The zero-order valence-corrected chi connectivity index (χ0v) is 18.9. The Bertz CT molecular complexity index is 1110. The highest BCUT2D eigenvalue weighted by Gasteiger charge is 2.19. The van der Waals surface area contributed by atoms with Crippen molar-refractivity contribution in [3.05, 3.63) is 59.9 Å². The van der Waals surface area contributed by atoms with E-state index in [0.29, 0.717) is 6.54 Å². The van der Waals surface area contributed by atoms with Gasteiger partial charge in [-0.3, -0.25) is 9.69 Å². The van der Waals surface area contributed by atoms with Gasteiger partial charge in [0.1, 0.15) is 11.3 Å². The van der Waals surface area contributed by atoms with Crippen molar-refractivity contribution >= 4 is 22.4 Å². The molecule has 0 atom stereocenters. The van der Waals surface area contributed by atoms with Crippen LogP contribution in [0.3, 0.4) is 0 Å². The van der Waals surface area contributed by atoms with Crippen LogP contribution in [0.15, 0.2) is 53.2 Å². The van der Waals surface area contributed by atoms with Crippen molar-refractivity contribution in [1.82, 2.24) is 10.2 Å². The van der Waals surface area contributed by atoms with E-state index in [9.17, 15) is 4.79 Å². The Hall–Kier alpha value is -3.09. The van der Waals surface area contributed by atoms with Crippen molar-refractivity contribution in [2.75, 3.05) is 46.5 Å². The molecule has 2 aromatic carbocycles. The molecule has 0 saturated carbocycles. The van der Waals surface area contributed by atoms with Crippen molar-refractivity contribution in [1.29, 1.82) is 0 Å². The molecule has 168 valence electrons. The van der Waals surface area contributed by atoms with E-state index in [2.05, 4.69) is 28.4 Å². The number of hydrogen-bond acceptors (Lipinski definition) is 5. The quantitative estimate of drug-likeness (QED) is 0.563. The molecule has 4 rings (SSSR count). The number of nitrogens with zero attached hydrogens (tertiary/aromatic N) is 1. The van der Waals surface area contributed by atoms with Crippen LogP contribution in [0.4, 0.5) is 0 Å². The van der Waals surface area contributed by atoms with E-state index in [0.717, 1.165) is 77.4 Å². The molecule has 2 heterocycles. The third kappa shape index (κ3) is 4.71. The second-order valence-electron chi connectivity index (χ2n) is 8.05. The number of ether oxygens (including phenoxy) is 2. The van der Waals surface area contributed by atoms with Crippen LogP contribution in [-0.2, 0) is 9.53 Å². The fourth-order valence-electron chi connectivity index (χ4n) is 4.20. The third-order valence-electron chi connectivity index (χ3n) is 5.94. The number of fused-ring (bicyclic) bond motifs is 1. The lowest BCUT2D eigenvalue weighted by Crippen LogP contribution is -2.41. The Morgan fingerprint density at radius 3 is 2.69 bits per heavy atom. The number of aryl methyl sites for hydroxylation is 1. The number of carbonyl (C=O) groups excluding carboxylic acids is 1. The fourth-order valence-corrected chi connectivity index (χ4v) is 4.20. The molecule has 1 aliphatic rings. The number of furan rings is 1. The van der Waals surface area contributed by atoms with E-state index in [1.54, 1.807) is 19.4 Å². The predicted molar refractivity (Wildman–Crippen MR) is 127 cm³/mol. The number of benzene rings is 2. The van der Waals surface area contributed by atoms with Gasteiger partial charge in [0.25, 0.3) is 0 Å². The van der Waals surface area contributed by atoms with Gasteiger partial charge < -0.3 is 19.2 Å². The number of carbonyl (C=O) groups is 1. The maximum absolute atomic E-state index is 12.6. The van der Waals surface area contributed by atoms with Crippen LogP contribution in [0.5, 0.6) is 5.75 Å². The summed E-state index contributed by atoms with van der Waals surface area (Å²) in [6, 6.07) is 12.2. The van der Waals surface area contributed by atoms with Gasteiger partial charge in [0.15, 0.2) is 0 Å². The molecule has 0 radical (unpaired) electrons. The van der Waals surface area contributed by atoms with Crippen LogP contribution >= 0.6 is 0 Å². The lowest BCUT2D eigenvalue weighted by atomic mass is 9.96. The second-order valence-corrected chi connectivity index (χ2v) is 8.05. The van der Waals surface area contributed by atoms with Crippen LogP contribution in [0.2, 0.25) is 0 Å². The van der Waals surface area contributed by atoms with Crippen LogP contribution in [0, 0.1) is 6.92 Å². The molecule has 0 aliphatic carbocycles. The van der Waals surface area contributed by atoms with E-state index in [1.807, 2.05) is 32.0 Å². The first-order valence-electron chi connectivity index (χ1n) is 11.0. The Kier molecular flexibility index (Phi) is 6.93. The highest BCUT2D eigenvalue weighted by atomic mass is 16.5. The summed E-state index contributed by atoms with van der Waals surface area (Å²) in [4.78, 5) is 14.9. The molecule has 1 N–H and O–H groups in total. The number of morpholine rings is 1. The smallest absolute Gasteiger partial charge is 0.244 e. The van der Waals surface area contributed by atoms with Gasteiger partial charge in [-0.2, -0.15) is 0 Å². The lowest BCUT2D eigenvalue weighted by molar-refractivity contribution is -0.116. The SMILES string of the molecule is COc1c(/C(C)=C/C(=O)NCCN2CCOCC2)cc2c(-c3ccccc3)coc2c1C. The number of allylic oxidation sites excluding steroid dienone is 1. The number of nitrogens with one attached hydrogen (secondary N) is 1. The first kappa shape index (κ1) is 22.1. The Balaban J connectivity index is 1.58. The Labute approximate surface area is 188 Å². The predicted octanol–water partition coefficient (Wildman–Crippen LogP) is 4.27. The standard InChI is InChI=1S/C26H30N2O4/c1-18(15-24(29)27-9-10-28-11-13-31-14-12-28)21-16-22-23(20-7-5-4-6-8-20)17-32-26(22)19(2)25(21)30-3/h4-8,15-17H,9-14H2,1-3H3,(H,27,29)/b18-15+. The zero-order chi connectivity index (χ0) is 22.5. The maximum atomic E-state index is 12.6. The molecule has 1 aliphatic heterocycles. The molecule has 0 bridgehead atoms. The number of amides is 1. The van der Waals surface area contributed by atoms with Crippen LogP contribution in [-0.4, -0.2) is 57.3 Å². The van der Waals surface area contributed by atoms with Crippen LogP contribution < -0.4 is 10.1 Å². The summed E-state index contributed by atoms with van der Waals surface area (Å²) >= 11 is 0. The molecular formula is C26H30N2O4. The fraction of sp³-hybridized carbons (Fsp3) is 0.346. The molecule has 1 saturated heterocycles. The molecule has 0 spiro atoms. The summed E-state index contributed by atoms with van der Waals surface area (Å²) in [5, 5.41) is 4.00. The van der Waals surface area contributed by atoms with Gasteiger partial charge in [-0.05, 0) is 31.1 Å². The molecule has 1 aromatic heterocycles. The minimum atomic E-state index is -0.106. The van der Waals surface area contributed by atoms with Crippen LogP contribution in [0.25, 0.3) is 27.7 Å². The Morgan fingerprint density at radius 1 is 1.22 bits per heavy atom. The van der Waals surface area contributed by atoms with E-state index in [1.165, 1.54) is 0 Å². The van der Waals surface area contributed by atoms with Crippen LogP contribution in [0.1, 0.15) is 18.1 Å². The highest BCUT2D eigenvalue weighted by Crippen LogP contribution is 2.40. The molecule has 1 amide bonds. The monoisotopic (exact) mass is 434 g/mol.